The van der Waals surface area contributed by atoms with Gasteiger partial charge in [-0.1, -0.05) is 40.7 Å². The SMILES string of the molecule is COCCCOc1cc(C[C@@H](C[C@H](C)[C@@H](O)C[C@H](C(=O)NCC(C)(C)C(N)=O)C(C)C)C(C)C)ccc1OC. The average molecular weight is 551 g/mol. The Morgan fingerprint density at radius 1 is 1.00 bits per heavy atom. The van der Waals surface area contributed by atoms with Crippen molar-refractivity contribution in [3.8, 4) is 11.5 Å². The predicted octanol–water partition coefficient (Wildman–Crippen LogP) is 4.60. The zero-order valence-corrected chi connectivity index (χ0v) is 25.7. The summed E-state index contributed by atoms with van der Waals surface area (Å²) in [6.45, 7) is 15.2. The fourth-order valence-corrected chi connectivity index (χ4v) is 4.58. The van der Waals surface area contributed by atoms with Gasteiger partial charge in [0, 0.05) is 32.6 Å². The van der Waals surface area contributed by atoms with E-state index in [9.17, 15) is 14.7 Å². The van der Waals surface area contributed by atoms with E-state index in [1.165, 1.54) is 0 Å². The molecule has 1 aromatic carbocycles. The lowest BCUT2D eigenvalue weighted by Gasteiger charge is -2.31. The molecule has 0 aliphatic rings. The fraction of sp³-hybridized carbons (Fsp3) is 0.742. The monoisotopic (exact) mass is 550 g/mol. The molecule has 0 fully saturated rings. The van der Waals surface area contributed by atoms with Crippen molar-refractivity contribution in [2.24, 2.45) is 40.7 Å². The van der Waals surface area contributed by atoms with E-state index in [2.05, 4.69) is 38.2 Å². The second-order valence-electron chi connectivity index (χ2n) is 12.2. The Bertz CT molecular complexity index is 886. The topological polar surface area (TPSA) is 120 Å². The van der Waals surface area contributed by atoms with Gasteiger partial charge in [-0.25, -0.2) is 0 Å². The fourth-order valence-electron chi connectivity index (χ4n) is 4.58. The largest absolute Gasteiger partial charge is 0.493 e. The standard InChI is InChI=1S/C31H54N2O6/c1-20(2)24(16-23-11-12-27(38-9)28(17-23)39-14-10-13-37-8)15-22(5)26(34)18-25(21(3)4)29(35)33-19-31(6,7)30(32)36/h11-12,17,20-22,24-26,34H,10,13-16,18-19H2,1-9H3,(H2,32,36)(H,33,35)/t22-,24+,25-,26-/m0/s1. The minimum absolute atomic E-state index is 0.0107. The highest BCUT2D eigenvalue weighted by Crippen LogP contribution is 2.33. The Balaban J connectivity index is 2.87. The number of aliphatic hydroxyl groups is 1. The van der Waals surface area contributed by atoms with Crippen molar-refractivity contribution in [3.05, 3.63) is 23.8 Å². The molecule has 4 N–H and O–H groups in total. The number of amides is 2. The van der Waals surface area contributed by atoms with Gasteiger partial charge in [0.25, 0.3) is 0 Å². The van der Waals surface area contributed by atoms with Gasteiger partial charge in [-0.2, -0.15) is 0 Å². The molecule has 0 aliphatic carbocycles. The van der Waals surface area contributed by atoms with Crippen LogP contribution in [0.3, 0.4) is 0 Å². The Hall–Kier alpha value is -2.32. The minimum Gasteiger partial charge on any atom is -0.493 e. The van der Waals surface area contributed by atoms with Crippen LogP contribution in [0.5, 0.6) is 11.5 Å². The maximum absolute atomic E-state index is 13.0. The van der Waals surface area contributed by atoms with Gasteiger partial charge in [-0.15, -0.1) is 0 Å². The molecule has 0 saturated heterocycles. The second kappa shape index (κ2) is 16.7. The molecule has 0 unspecified atom stereocenters. The van der Waals surface area contributed by atoms with Gasteiger partial charge in [0.2, 0.25) is 11.8 Å². The Labute approximate surface area is 236 Å². The Kier molecular flexibility index (Phi) is 14.9. The first-order valence-corrected chi connectivity index (χ1v) is 14.3. The minimum atomic E-state index is -0.829. The molecule has 0 spiro atoms. The van der Waals surface area contributed by atoms with Gasteiger partial charge in [-0.05, 0) is 74.5 Å². The molecule has 0 bridgehead atoms. The smallest absolute Gasteiger partial charge is 0.224 e. The Morgan fingerprint density at radius 3 is 2.21 bits per heavy atom. The lowest BCUT2D eigenvalue weighted by Crippen LogP contribution is -2.45. The number of hydrogen-bond acceptors (Lipinski definition) is 6. The van der Waals surface area contributed by atoms with Crippen LogP contribution in [0.1, 0.15) is 73.3 Å². The van der Waals surface area contributed by atoms with Crippen molar-refractivity contribution < 1.29 is 28.9 Å². The Morgan fingerprint density at radius 2 is 1.67 bits per heavy atom. The first kappa shape index (κ1) is 34.7. The summed E-state index contributed by atoms with van der Waals surface area (Å²) in [5.74, 6) is 1.28. The summed E-state index contributed by atoms with van der Waals surface area (Å²) in [6.07, 6.45) is 2.23. The zero-order valence-electron chi connectivity index (χ0n) is 25.7. The van der Waals surface area contributed by atoms with E-state index in [0.29, 0.717) is 37.2 Å². The number of rotatable bonds is 19. The lowest BCUT2D eigenvalue weighted by atomic mass is 9.78. The summed E-state index contributed by atoms with van der Waals surface area (Å²) in [6, 6.07) is 6.07. The highest BCUT2D eigenvalue weighted by molar-refractivity contribution is 5.83. The van der Waals surface area contributed by atoms with Crippen molar-refractivity contribution in [1.82, 2.24) is 5.32 Å². The number of hydrogen-bond donors (Lipinski definition) is 3. The maximum Gasteiger partial charge on any atom is 0.224 e. The highest BCUT2D eigenvalue weighted by Gasteiger charge is 2.31. The maximum atomic E-state index is 13.0. The molecule has 0 heterocycles. The van der Waals surface area contributed by atoms with E-state index in [4.69, 9.17) is 19.9 Å². The first-order valence-electron chi connectivity index (χ1n) is 14.3. The van der Waals surface area contributed by atoms with Crippen LogP contribution in [-0.4, -0.2) is 57.0 Å². The average Bonchev–Trinajstić information content (AvgIpc) is 2.87. The summed E-state index contributed by atoms with van der Waals surface area (Å²) in [7, 11) is 3.32. The summed E-state index contributed by atoms with van der Waals surface area (Å²) < 4.78 is 16.6. The number of nitrogens with two attached hydrogens (primary N) is 1. The molecule has 1 aromatic rings. The van der Waals surface area contributed by atoms with E-state index in [0.717, 1.165) is 30.6 Å². The van der Waals surface area contributed by atoms with Crippen LogP contribution in [0.4, 0.5) is 0 Å². The summed E-state index contributed by atoms with van der Waals surface area (Å²) >= 11 is 0. The quantitative estimate of drug-likeness (QED) is 0.217. The van der Waals surface area contributed by atoms with Crippen LogP contribution in [0.25, 0.3) is 0 Å². The van der Waals surface area contributed by atoms with E-state index < -0.39 is 17.4 Å². The zero-order chi connectivity index (χ0) is 29.8. The highest BCUT2D eigenvalue weighted by atomic mass is 16.5. The van der Waals surface area contributed by atoms with Crippen LogP contribution >= 0.6 is 0 Å². The number of ether oxygens (including phenoxy) is 3. The number of carbonyl (C=O) groups excluding carboxylic acids is 2. The predicted molar refractivity (Wildman–Crippen MR) is 156 cm³/mol. The number of methoxy groups -OCH3 is 2. The van der Waals surface area contributed by atoms with E-state index in [1.54, 1.807) is 28.1 Å². The van der Waals surface area contributed by atoms with Crippen molar-refractivity contribution >= 4 is 11.8 Å². The number of carbonyl (C=O) groups is 2. The third kappa shape index (κ3) is 11.8. The van der Waals surface area contributed by atoms with E-state index in [-0.39, 0.29) is 30.2 Å². The van der Waals surface area contributed by atoms with Crippen molar-refractivity contribution in [3.63, 3.8) is 0 Å². The van der Waals surface area contributed by atoms with Crippen LogP contribution in [0.15, 0.2) is 18.2 Å². The summed E-state index contributed by atoms with van der Waals surface area (Å²) in [5, 5.41) is 14.0. The lowest BCUT2D eigenvalue weighted by molar-refractivity contribution is -0.130. The molecule has 2 amide bonds. The molecule has 8 nitrogen and oxygen atoms in total. The number of nitrogens with one attached hydrogen (secondary N) is 1. The third-order valence-corrected chi connectivity index (χ3v) is 7.76. The van der Waals surface area contributed by atoms with Crippen LogP contribution in [-0.2, 0) is 20.7 Å². The molecule has 0 aromatic heterocycles. The van der Waals surface area contributed by atoms with Crippen LogP contribution < -0.4 is 20.5 Å². The molecule has 0 saturated carbocycles. The molecular formula is C31H54N2O6. The summed E-state index contributed by atoms with van der Waals surface area (Å²) in [5.41, 5.74) is 5.78. The number of primary amides is 1. The first-order chi connectivity index (χ1) is 18.2. The van der Waals surface area contributed by atoms with Crippen molar-refractivity contribution in [1.29, 1.82) is 0 Å². The molecule has 8 heteroatoms. The molecule has 39 heavy (non-hydrogen) atoms. The van der Waals surface area contributed by atoms with Crippen molar-refractivity contribution in [2.75, 3.05) is 34.0 Å². The molecule has 0 radical (unpaired) electrons. The molecule has 4 atom stereocenters. The van der Waals surface area contributed by atoms with Crippen molar-refractivity contribution in [2.45, 2.75) is 80.3 Å². The normalized spacial score (nSPS) is 15.1. The van der Waals surface area contributed by atoms with E-state index in [1.807, 2.05) is 19.9 Å². The molecule has 0 aliphatic heterocycles. The molecule has 1 rings (SSSR count). The number of aliphatic hydroxyl groups excluding tert-OH is 1. The van der Waals surface area contributed by atoms with Crippen LogP contribution in [0, 0.1) is 35.0 Å². The van der Waals surface area contributed by atoms with Gasteiger partial charge >= 0.3 is 0 Å². The number of benzene rings is 1. The van der Waals surface area contributed by atoms with Gasteiger partial charge in [0.1, 0.15) is 0 Å². The van der Waals surface area contributed by atoms with Gasteiger partial charge in [0.05, 0.1) is 25.2 Å². The van der Waals surface area contributed by atoms with Gasteiger partial charge in [-0.3, -0.25) is 9.59 Å². The third-order valence-electron chi connectivity index (χ3n) is 7.76. The van der Waals surface area contributed by atoms with Gasteiger partial charge in [0.15, 0.2) is 11.5 Å². The summed E-state index contributed by atoms with van der Waals surface area (Å²) in [4.78, 5) is 24.6. The molecule has 224 valence electrons. The second-order valence-corrected chi connectivity index (χ2v) is 12.2. The van der Waals surface area contributed by atoms with Crippen LogP contribution in [0.2, 0.25) is 0 Å². The molecular weight excluding hydrogens is 496 g/mol. The van der Waals surface area contributed by atoms with Gasteiger partial charge < -0.3 is 30.4 Å². The van der Waals surface area contributed by atoms with E-state index >= 15 is 0 Å².